The third-order valence-electron chi connectivity index (χ3n) is 14.6. The summed E-state index contributed by atoms with van der Waals surface area (Å²) in [6.07, 6.45) is 0. The number of hydrogen-bond donors (Lipinski definition) is 0. The van der Waals surface area contributed by atoms with Crippen LogP contribution in [0.4, 0.5) is 0 Å². The van der Waals surface area contributed by atoms with Crippen molar-refractivity contribution in [1.82, 2.24) is 0 Å². The second-order valence-corrected chi connectivity index (χ2v) is 18.2. The Morgan fingerprint density at radius 3 is 0.824 bits per heavy atom. The van der Waals surface area contributed by atoms with Gasteiger partial charge in [0.05, 0.1) is 0 Å². The van der Waals surface area contributed by atoms with E-state index in [4.69, 9.17) is 8.83 Å². The largest absolute Gasteiger partial charge is 0.455 e. The molecule has 0 atom stereocenters. The highest BCUT2D eigenvalue weighted by Crippen LogP contribution is 2.49. The van der Waals surface area contributed by atoms with Crippen molar-refractivity contribution < 1.29 is 8.83 Å². The number of fused-ring (bicyclic) bond motifs is 12. The monoisotopic (exact) mass is 862 g/mol. The molecule has 2 aromatic heterocycles. The van der Waals surface area contributed by atoms with Gasteiger partial charge >= 0.3 is 0 Å². The van der Waals surface area contributed by atoms with Gasteiger partial charge in [0.25, 0.3) is 0 Å². The van der Waals surface area contributed by atoms with Crippen LogP contribution in [0.2, 0.25) is 0 Å². The van der Waals surface area contributed by atoms with Gasteiger partial charge in [-0.25, -0.2) is 0 Å². The van der Waals surface area contributed by atoms with Gasteiger partial charge in [0, 0.05) is 43.8 Å². The molecule has 0 N–H and O–H groups in total. The molecule has 0 saturated carbocycles. The highest BCUT2D eigenvalue weighted by atomic mass is 16.3. The first-order valence-electron chi connectivity index (χ1n) is 23.4. The van der Waals surface area contributed by atoms with E-state index in [0.29, 0.717) is 0 Å². The molecule has 0 aliphatic heterocycles. The highest BCUT2D eigenvalue weighted by molar-refractivity contribution is 6.27. The molecular weight excluding hydrogens is 825 g/mol. The molecule has 13 aromatic carbocycles. The van der Waals surface area contributed by atoms with Crippen LogP contribution in [0.1, 0.15) is 0 Å². The van der Waals surface area contributed by atoms with Crippen LogP contribution in [0.25, 0.3) is 153 Å². The Morgan fingerprint density at radius 1 is 0.206 bits per heavy atom. The quantitative estimate of drug-likeness (QED) is 0.165. The van der Waals surface area contributed by atoms with E-state index in [1.54, 1.807) is 0 Å². The van der Waals surface area contributed by atoms with Crippen LogP contribution in [-0.4, -0.2) is 0 Å². The Kier molecular flexibility index (Phi) is 7.81. The number of rotatable bonds is 4. The third kappa shape index (κ3) is 5.34. The fourth-order valence-electron chi connectivity index (χ4n) is 11.6. The molecule has 0 aliphatic rings. The molecule has 15 rings (SSSR count). The van der Waals surface area contributed by atoms with Gasteiger partial charge in [-0.3, -0.25) is 0 Å². The van der Waals surface area contributed by atoms with Crippen molar-refractivity contribution in [2.45, 2.75) is 0 Å². The van der Waals surface area contributed by atoms with Crippen molar-refractivity contribution in [2.75, 3.05) is 0 Å². The number of hydrogen-bond acceptors (Lipinski definition) is 2. The zero-order valence-corrected chi connectivity index (χ0v) is 36.8. The van der Waals surface area contributed by atoms with Crippen LogP contribution in [0.15, 0.2) is 239 Å². The van der Waals surface area contributed by atoms with Crippen LogP contribution in [0.3, 0.4) is 0 Å². The predicted octanol–water partition coefficient (Wildman–Crippen LogP) is 19.1. The summed E-state index contributed by atoms with van der Waals surface area (Å²) in [7, 11) is 0. The third-order valence-corrected chi connectivity index (χ3v) is 14.6. The first-order chi connectivity index (χ1) is 33.7. The summed E-state index contributed by atoms with van der Waals surface area (Å²) in [6, 6.07) is 84.0. The lowest BCUT2D eigenvalue weighted by molar-refractivity contribution is 0.670. The maximum absolute atomic E-state index is 6.85. The van der Waals surface area contributed by atoms with Gasteiger partial charge in [-0.2, -0.15) is 0 Å². The molecule has 314 valence electrons. The topological polar surface area (TPSA) is 26.3 Å². The first-order valence-corrected chi connectivity index (χ1v) is 23.4. The summed E-state index contributed by atoms with van der Waals surface area (Å²) in [4.78, 5) is 0. The fourth-order valence-corrected chi connectivity index (χ4v) is 11.6. The van der Waals surface area contributed by atoms with Gasteiger partial charge in [0.15, 0.2) is 0 Å². The van der Waals surface area contributed by atoms with Crippen molar-refractivity contribution in [3.63, 3.8) is 0 Å². The fraction of sp³-hybridized carbons (Fsp3) is 0. The summed E-state index contributed by atoms with van der Waals surface area (Å²) in [6.45, 7) is 0. The Balaban J connectivity index is 0.914. The second-order valence-electron chi connectivity index (χ2n) is 18.2. The van der Waals surface area contributed by atoms with E-state index in [2.05, 4.69) is 231 Å². The summed E-state index contributed by atoms with van der Waals surface area (Å²) in [5, 5.41) is 18.9. The molecular formula is C66H38O2. The van der Waals surface area contributed by atoms with Crippen molar-refractivity contribution in [3.05, 3.63) is 231 Å². The Hall–Kier alpha value is -8.98. The molecule has 0 spiro atoms. The highest BCUT2D eigenvalue weighted by Gasteiger charge is 2.23. The molecule has 68 heavy (non-hydrogen) atoms. The SMILES string of the molecule is c1ccc2cc3c(cc2c1)oc1c(-c2c4ccccc4c(-c4ccc(-c5c6ccccc6c(-c6cccc7c6oc6cc8ccccc8cc67)c6ccccc56)cc4)c4ccccc24)cccc13. The minimum Gasteiger partial charge on any atom is -0.455 e. The standard InChI is InChI=1S/C66H38O2/c1-3-17-43-37-59-57(35-41(43)15-1)53-27-13-29-55(65(53)67-59)63-49-23-9-5-19-45(49)61(46-20-6-10-24-50(46)63)39-31-33-40(34-32-39)62-47-21-7-11-25-51(47)64(52-26-12-8-22-48(52)62)56-30-14-28-54-58-36-42-16-2-4-18-44(42)38-60(58)68-66(54)56/h1-38H. The normalized spacial score (nSPS) is 12.1. The summed E-state index contributed by atoms with van der Waals surface area (Å²) < 4.78 is 13.7. The van der Waals surface area contributed by atoms with Gasteiger partial charge in [0.1, 0.15) is 22.3 Å². The average molecular weight is 863 g/mol. The van der Waals surface area contributed by atoms with E-state index in [1.165, 1.54) is 98.0 Å². The lowest BCUT2D eigenvalue weighted by atomic mass is 9.84. The molecule has 0 amide bonds. The lowest BCUT2D eigenvalue weighted by Gasteiger charge is -2.19. The number of furan rings is 2. The molecule has 2 heteroatoms. The zero-order valence-electron chi connectivity index (χ0n) is 36.8. The van der Waals surface area contributed by atoms with E-state index >= 15 is 0 Å². The van der Waals surface area contributed by atoms with Crippen molar-refractivity contribution >= 4 is 109 Å². The van der Waals surface area contributed by atoms with E-state index in [9.17, 15) is 0 Å². The minimum absolute atomic E-state index is 0.907. The van der Waals surface area contributed by atoms with Gasteiger partial charge < -0.3 is 8.83 Å². The molecule has 15 aromatic rings. The van der Waals surface area contributed by atoms with Crippen LogP contribution < -0.4 is 0 Å². The molecule has 0 fully saturated rings. The van der Waals surface area contributed by atoms with Crippen LogP contribution in [0.5, 0.6) is 0 Å². The molecule has 0 unspecified atom stereocenters. The molecule has 2 nitrogen and oxygen atoms in total. The molecule has 0 aliphatic carbocycles. The average Bonchev–Trinajstić information content (AvgIpc) is 3.95. The summed E-state index contributed by atoms with van der Waals surface area (Å²) >= 11 is 0. The number of benzene rings is 13. The van der Waals surface area contributed by atoms with Crippen LogP contribution in [-0.2, 0) is 0 Å². The molecule has 2 heterocycles. The van der Waals surface area contributed by atoms with Crippen molar-refractivity contribution in [1.29, 1.82) is 0 Å². The Morgan fingerprint density at radius 2 is 0.485 bits per heavy atom. The maximum atomic E-state index is 6.85. The van der Waals surface area contributed by atoms with Crippen LogP contribution >= 0.6 is 0 Å². The lowest BCUT2D eigenvalue weighted by Crippen LogP contribution is -1.92. The van der Waals surface area contributed by atoms with E-state index in [-0.39, 0.29) is 0 Å². The Bertz CT molecular complexity index is 4190. The van der Waals surface area contributed by atoms with Crippen molar-refractivity contribution in [2.24, 2.45) is 0 Å². The minimum atomic E-state index is 0.907. The molecule has 0 radical (unpaired) electrons. The first kappa shape index (κ1) is 37.3. The van der Waals surface area contributed by atoms with Gasteiger partial charge in [0.2, 0.25) is 0 Å². The predicted molar refractivity (Wildman–Crippen MR) is 288 cm³/mol. The van der Waals surface area contributed by atoms with Gasteiger partial charge in [-0.15, -0.1) is 0 Å². The van der Waals surface area contributed by atoms with Crippen LogP contribution in [0, 0.1) is 0 Å². The smallest absolute Gasteiger partial charge is 0.143 e. The van der Waals surface area contributed by atoms with Gasteiger partial charge in [-0.1, -0.05) is 206 Å². The molecule has 0 bridgehead atoms. The molecule has 0 saturated heterocycles. The van der Waals surface area contributed by atoms with Crippen molar-refractivity contribution in [3.8, 4) is 44.5 Å². The van der Waals surface area contributed by atoms with E-state index < -0.39 is 0 Å². The summed E-state index contributed by atoms with van der Waals surface area (Å²) in [5.74, 6) is 0. The second kappa shape index (κ2) is 14.3. The van der Waals surface area contributed by atoms with Gasteiger partial charge in [-0.05, 0) is 111 Å². The Labute approximate surface area is 390 Å². The van der Waals surface area contributed by atoms with E-state index in [0.717, 1.165) is 55.0 Å². The maximum Gasteiger partial charge on any atom is 0.143 e. The summed E-state index contributed by atoms with van der Waals surface area (Å²) in [5.41, 5.74) is 13.0. The zero-order chi connectivity index (χ0) is 44.5. The number of para-hydroxylation sites is 2. The van der Waals surface area contributed by atoms with E-state index in [1.807, 2.05) is 0 Å².